The van der Waals surface area contributed by atoms with Gasteiger partial charge in [-0.2, -0.15) is 0 Å². The first-order valence-corrected chi connectivity index (χ1v) is 12.0. The Morgan fingerprint density at radius 1 is 1.24 bits per heavy atom. The lowest BCUT2D eigenvalue weighted by Crippen LogP contribution is -2.40. The second-order valence-corrected chi connectivity index (χ2v) is 9.62. The van der Waals surface area contributed by atoms with Crippen LogP contribution in [0.3, 0.4) is 0 Å². The smallest absolute Gasteiger partial charge is 0.242 e. The van der Waals surface area contributed by atoms with E-state index in [2.05, 4.69) is 10.3 Å². The molecule has 1 aliphatic carbocycles. The van der Waals surface area contributed by atoms with Crippen LogP contribution in [-0.4, -0.2) is 77.9 Å². The zero-order valence-corrected chi connectivity index (χ0v) is 20.4. The van der Waals surface area contributed by atoms with Crippen molar-refractivity contribution < 1.29 is 14.0 Å². The lowest BCUT2D eigenvalue weighted by Gasteiger charge is -2.31. The molecule has 0 saturated heterocycles. The van der Waals surface area contributed by atoms with Crippen molar-refractivity contribution in [1.82, 2.24) is 19.7 Å². The fraction of sp³-hybridized carbons (Fsp3) is 0.480. The Bertz CT molecular complexity index is 1050. The summed E-state index contributed by atoms with van der Waals surface area (Å²) in [4.78, 5) is 35.5. The molecule has 2 amide bonds. The summed E-state index contributed by atoms with van der Waals surface area (Å²) in [5, 5.41) is 3.85. The van der Waals surface area contributed by atoms with Crippen molar-refractivity contribution in [2.24, 2.45) is 5.92 Å². The van der Waals surface area contributed by atoms with Crippen molar-refractivity contribution in [3.63, 3.8) is 0 Å². The molecule has 1 aromatic heterocycles. The van der Waals surface area contributed by atoms with Gasteiger partial charge in [0.1, 0.15) is 6.17 Å². The van der Waals surface area contributed by atoms with Crippen molar-refractivity contribution in [3.8, 4) is 0 Å². The van der Waals surface area contributed by atoms with Gasteiger partial charge in [-0.3, -0.25) is 14.6 Å². The van der Waals surface area contributed by atoms with Crippen molar-refractivity contribution in [1.29, 1.82) is 0 Å². The molecule has 2 heterocycles. The van der Waals surface area contributed by atoms with Crippen LogP contribution in [0.15, 0.2) is 36.5 Å². The van der Waals surface area contributed by atoms with Crippen LogP contribution in [0, 0.1) is 5.92 Å². The minimum Gasteiger partial charge on any atom is -0.376 e. The summed E-state index contributed by atoms with van der Waals surface area (Å²) in [6.45, 7) is 2.81. The molecule has 4 rings (SSSR count). The number of pyridine rings is 1. The van der Waals surface area contributed by atoms with Gasteiger partial charge in [0, 0.05) is 38.1 Å². The van der Waals surface area contributed by atoms with Gasteiger partial charge in [0.2, 0.25) is 11.8 Å². The summed E-state index contributed by atoms with van der Waals surface area (Å²) >= 11 is 6.28. The number of fused-ring (bicyclic) bond motifs is 1. The number of carbonyl (C=O) groups excluding carboxylic acids is 2. The molecule has 182 valence electrons. The van der Waals surface area contributed by atoms with Crippen molar-refractivity contribution in [3.05, 3.63) is 58.4 Å². The molecule has 2 aromatic rings. The molecule has 1 aromatic carbocycles. The third kappa shape index (κ3) is 5.85. The minimum absolute atomic E-state index is 0.0449. The predicted molar refractivity (Wildman–Crippen MR) is 130 cm³/mol. The van der Waals surface area contributed by atoms with Gasteiger partial charge in [0.25, 0.3) is 0 Å². The number of rotatable bonds is 9. The van der Waals surface area contributed by atoms with Crippen LogP contribution in [-0.2, 0) is 29.1 Å². The summed E-state index contributed by atoms with van der Waals surface area (Å²) < 4.78 is 13.3. The van der Waals surface area contributed by atoms with Crippen LogP contribution in [0.2, 0.25) is 5.02 Å². The molecule has 2 unspecified atom stereocenters. The Kier molecular flexibility index (Phi) is 7.68. The maximum Gasteiger partial charge on any atom is 0.242 e. The maximum atomic E-state index is 13.3. The largest absolute Gasteiger partial charge is 0.376 e. The van der Waals surface area contributed by atoms with Gasteiger partial charge in [-0.25, -0.2) is 4.39 Å². The minimum atomic E-state index is -0.982. The van der Waals surface area contributed by atoms with Gasteiger partial charge in [-0.15, -0.1) is 0 Å². The number of aromatic nitrogens is 1. The van der Waals surface area contributed by atoms with Crippen molar-refractivity contribution in [2.75, 3.05) is 45.6 Å². The normalized spacial score (nSPS) is 19.0. The quantitative estimate of drug-likeness (QED) is 0.589. The molecule has 7 nitrogen and oxygen atoms in total. The lowest BCUT2D eigenvalue weighted by molar-refractivity contribution is -0.134. The molecule has 1 fully saturated rings. The first-order chi connectivity index (χ1) is 16.3. The number of benzene rings is 1. The number of anilines is 1. The van der Waals surface area contributed by atoms with Crippen LogP contribution < -0.4 is 5.32 Å². The molecule has 0 bridgehead atoms. The van der Waals surface area contributed by atoms with Crippen LogP contribution >= 0.6 is 11.6 Å². The maximum absolute atomic E-state index is 13.3. The topological polar surface area (TPSA) is 68.8 Å². The van der Waals surface area contributed by atoms with E-state index >= 15 is 0 Å². The van der Waals surface area contributed by atoms with E-state index in [1.807, 2.05) is 37.2 Å². The Labute approximate surface area is 204 Å². The summed E-state index contributed by atoms with van der Waals surface area (Å²) in [6.07, 6.45) is 1.72. The van der Waals surface area contributed by atoms with Crippen molar-refractivity contribution in [2.45, 2.75) is 32.1 Å². The number of nitrogens with zero attached hydrogens (tertiary/aromatic N) is 4. The van der Waals surface area contributed by atoms with E-state index in [0.29, 0.717) is 49.7 Å². The molecule has 2 aliphatic rings. The van der Waals surface area contributed by atoms with E-state index in [0.717, 1.165) is 23.4 Å². The first kappa shape index (κ1) is 24.4. The van der Waals surface area contributed by atoms with Crippen LogP contribution in [0.1, 0.15) is 23.2 Å². The van der Waals surface area contributed by atoms with Gasteiger partial charge in [0.15, 0.2) is 0 Å². The molecule has 0 spiro atoms. The number of amides is 2. The molecular formula is C25H31ClFN5O2. The van der Waals surface area contributed by atoms with E-state index < -0.39 is 12.1 Å². The van der Waals surface area contributed by atoms with E-state index in [1.165, 1.54) is 0 Å². The standard InChI is InChI=1S/C25H31ClFN5O2/c1-30(2)11-12-31(16-23-20(26)6-4-9-28-23)24(33)14-29-22-7-3-5-17-15-32(10-8-18(17)22)25(34)19-13-21(19)27/h3-7,9,19,21,29H,8,10-16H2,1-2H3. The molecule has 9 heteroatoms. The third-order valence-electron chi connectivity index (χ3n) is 6.38. The molecule has 1 aliphatic heterocycles. The Morgan fingerprint density at radius 2 is 2.03 bits per heavy atom. The molecule has 2 atom stereocenters. The van der Waals surface area contributed by atoms with Gasteiger partial charge in [0.05, 0.1) is 29.7 Å². The molecule has 1 saturated carbocycles. The number of halogens is 2. The molecule has 0 radical (unpaired) electrons. The van der Waals surface area contributed by atoms with Crippen LogP contribution in [0.5, 0.6) is 0 Å². The third-order valence-corrected chi connectivity index (χ3v) is 6.73. The van der Waals surface area contributed by atoms with Crippen molar-refractivity contribution >= 4 is 29.1 Å². The zero-order valence-electron chi connectivity index (χ0n) is 19.6. The summed E-state index contributed by atoms with van der Waals surface area (Å²) in [5.41, 5.74) is 3.72. The first-order valence-electron chi connectivity index (χ1n) is 11.6. The van der Waals surface area contributed by atoms with E-state index in [1.54, 1.807) is 28.1 Å². The van der Waals surface area contributed by atoms with Crippen LogP contribution in [0.25, 0.3) is 0 Å². The number of hydrogen-bond acceptors (Lipinski definition) is 5. The Hall–Kier alpha value is -2.71. The highest BCUT2D eigenvalue weighted by Crippen LogP contribution is 2.37. The van der Waals surface area contributed by atoms with Gasteiger partial charge < -0.3 is 20.0 Å². The van der Waals surface area contributed by atoms with E-state index in [9.17, 15) is 14.0 Å². The second kappa shape index (κ2) is 10.7. The summed E-state index contributed by atoms with van der Waals surface area (Å²) in [6, 6.07) is 9.42. The van der Waals surface area contributed by atoms with E-state index in [-0.39, 0.29) is 18.4 Å². The van der Waals surface area contributed by atoms with Crippen LogP contribution in [0.4, 0.5) is 10.1 Å². The highest BCUT2D eigenvalue weighted by Gasteiger charge is 2.46. The SMILES string of the molecule is CN(C)CCN(Cc1ncccc1Cl)C(=O)CNc1cccc2c1CCN(C(=O)C1CC1F)C2. The Morgan fingerprint density at radius 3 is 2.74 bits per heavy atom. The van der Waals surface area contributed by atoms with E-state index in [4.69, 9.17) is 11.6 Å². The highest BCUT2D eigenvalue weighted by molar-refractivity contribution is 6.31. The second-order valence-electron chi connectivity index (χ2n) is 9.22. The fourth-order valence-electron chi connectivity index (χ4n) is 4.23. The highest BCUT2D eigenvalue weighted by atomic mass is 35.5. The molecular weight excluding hydrogens is 457 g/mol. The number of likely N-dealkylation sites (N-methyl/N-ethyl adjacent to an activating group) is 1. The van der Waals surface area contributed by atoms with Gasteiger partial charge in [-0.05, 0) is 56.3 Å². The number of nitrogens with one attached hydrogen (secondary N) is 1. The number of carbonyl (C=O) groups is 2. The summed E-state index contributed by atoms with van der Waals surface area (Å²) in [5.74, 6) is -0.589. The average Bonchev–Trinajstić information content (AvgIpc) is 3.56. The monoisotopic (exact) mass is 487 g/mol. The number of alkyl halides is 1. The molecule has 34 heavy (non-hydrogen) atoms. The predicted octanol–water partition coefficient (Wildman–Crippen LogP) is 2.98. The Balaban J connectivity index is 1.41. The summed E-state index contributed by atoms with van der Waals surface area (Å²) in [7, 11) is 3.94. The lowest BCUT2D eigenvalue weighted by atomic mass is 9.97. The van der Waals surface area contributed by atoms with Gasteiger partial charge >= 0.3 is 0 Å². The van der Waals surface area contributed by atoms with Gasteiger partial charge in [-0.1, -0.05) is 23.7 Å². The molecule has 1 N–H and O–H groups in total. The zero-order chi connectivity index (χ0) is 24.2. The average molecular weight is 488 g/mol. The fourth-order valence-corrected chi connectivity index (χ4v) is 4.41. The number of hydrogen-bond donors (Lipinski definition) is 1.